The van der Waals surface area contributed by atoms with Gasteiger partial charge < -0.3 is 0 Å². The fraction of sp³-hybridized carbons (Fsp3) is 0.462. The van der Waals surface area contributed by atoms with Crippen molar-refractivity contribution >= 4 is 21.6 Å². The largest absolute Gasteiger partial charge is 0.242 e. The second-order valence-corrected chi connectivity index (χ2v) is 6.90. The van der Waals surface area contributed by atoms with Gasteiger partial charge in [-0.1, -0.05) is 24.4 Å². The summed E-state index contributed by atoms with van der Waals surface area (Å²) in [6, 6.07) is 6.15. The Kier molecular flexibility index (Phi) is 4.46. The zero-order chi connectivity index (χ0) is 13.9. The van der Waals surface area contributed by atoms with Gasteiger partial charge in [0.25, 0.3) is 0 Å². The molecule has 0 radical (unpaired) electrons. The average molecular weight is 299 g/mol. The molecule has 1 N–H and O–H groups in total. The topological polar surface area (TPSA) is 70.0 Å². The normalized spacial score (nSPS) is 16.4. The van der Waals surface area contributed by atoms with E-state index < -0.39 is 10.0 Å². The number of benzene rings is 1. The highest BCUT2D eigenvalue weighted by atomic mass is 35.5. The highest BCUT2D eigenvalue weighted by Crippen LogP contribution is 2.26. The van der Waals surface area contributed by atoms with Crippen molar-refractivity contribution in [3.05, 3.63) is 28.8 Å². The minimum absolute atomic E-state index is 0.0220. The zero-order valence-electron chi connectivity index (χ0n) is 10.4. The predicted octanol–water partition coefficient (Wildman–Crippen LogP) is 2.68. The van der Waals surface area contributed by atoms with Gasteiger partial charge in [-0.25, -0.2) is 13.1 Å². The van der Waals surface area contributed by atoms with Gasteiger partial charge in [0.2, 0.25) is 10.0 Å². The minimum atomic E-state index is -3.64. The van der Waals surface area contributed by atoms with Gasteiger partial charge in [-0.05, 0) is 37.0 Å². The van der Waals surface area contributed by atoms with Gasteiger partial charge in [0, 0.05) is 6.54 Å². The van der Waals surface area contributed by atoms with Crippen molar-refractivity contribution < 1.29 is 8.42 Å². The van der Waals surface area contributed by atoms with Crippen molar-refractivity contribution in [1.82, 2.24) is 4.72 Å². The molecule has 0 saturated heterocycles. The molecule has 0 aromatic heterocycles. The maximum Gasteiger partial charge on any atom is 0.242 e. The van der Waals surface area contributed by atoms with E-state index in [4.69, 9.17) is 16.9 Å². The third kappa shape index (κ3) is 3.47. The number of sulfonamides is 1. The molecule has 1 aliphatic carbocycles. The summed E-state index contributed by atoms with van der Waals surface area (Å²) in [6.07, 6.45) is 4.46. The van der Waals surface area contributed by atoms with E-state index in [1.807, 2.05) is 6.07 Å². The van der Waals surface area contributed by atoms with E-state index in [1.165, 1.54) is 18.2 Å². The molecule has 0 spiro atoms. The van der Waals surface area contributed by atoms with E-state index >= 15 is 0 Å². The fourth-order valence-corrected chi connectivity index (χ4v) is 3.94. The van der Waals surface area contributed by atoms with E-state index in [0.717, 1.165) is 25.7 Å². The first kappa shape index (κ1) is 14.3. The van der Waals surface area contributed by atoms with Crippen LogP contribution in [-0.2, 0) is 10.0 Å². The molecule has 0 amide bonds. The molecule has 6 heteroatoms. The van der Waals surface area contributed by atoms with E-state index in [-0.39, 0.29) is 15.5 Å². The van der Waals surface area contributed by atoms with E-state index in [9.17, 15) is 8.42 Å². The van der Waals surface area contributed by atoms with Crippen molar-refractivity contribution in [3.8, 4) is 6.07 Å². The molecule has 0 bridgehead atoms. The van der Waals surface area contributed by atoms with Crippen LogP contribution in [-0.4, -0.2) is 15.0 Å². The first-order chi connectivity index (χ1) is 9.03. The van der Waals surface area contributed by atoms with Crippen LogP contribution >= 0.6 is 11.6 Å². The second kappa shape index (κ2) is 5.91. The SMILES string of the molecule is N#Cc1ccc(Cl)c(S(=O)(=O)NCC2CCCC2)c1. The summed E-state index contributed by atoms with van der Waals surface area (Å²) in [6.45, 7) is 0.440. The Morgan fingerprint density at radius 2 is 2.05 bits per heavy atom. The molecule has 19 heavy (non-hydrogen) atoms. The number of hydrogen-bond donors (Lipinski definition) is 1. The fourth-order valence-electron chi connectivity index (χ4n) is 2.30. The van der Waals surface area contributed by atoms with Crippen molar-refractivity contribution in [1.29, 1.82) is 5.26 Å². The summed E-state index contributed by atoms with van der Waals surface area (Å²) in [5, 5.41) is 8.95. The van der Waals surface area contributed by atoms with Crippen molar-refractivity contribution in [2.24, 2.45) is 5.92 Å². The second-order valence-electron chi connectivity index (χ2n) is 4.76. The number of halogens is 1. The molecule has 0 aliphatic heterocycles. The molecule has 1 saturated carbocycles. The lowest BCUT2D eigenvalue weighted by atomic mass is 10.1. The summed E-state index contributed by atoms with van der Waals surface area (Å²) in [5.74, 6) is 0.410. The lowest BCUT2D eigenvalue weighted by Gasteiger charge is -2.12. The summed E-state index contributed by atoms with van der Waals surface area (Å²) < 4.78 is 26.9. The molecule has 1 aromatic carbocycles. The summed E-state index contributed by atoms with van der Waals surface area (Å²) in [7, 11) is -3.64. The Hall–Kier alpha value is -1.09. The van der Waals surface area contributed by atoms with E-state index in [0.29, 0.717) is 12.5 Å². The molecule has 4 nitrogen and oxygen atoms in total. The van der Waals surface area contributed by atoms with Gasteiger partial charge in [0.05, 0.1) is 16.7 Å². The molecule has 2 rings (SSSR count). The minimum Gasteiger partial charge on any atom is -0.211 e. The first-order valence-corrected chi connectivity index (χ1v) is 8.08. The summed E-state index contributed by atoms with van der Waals surface area (Å²) >= 11 is 5.90. The van der Waals surface area contributed by atoms with Gasteiger partial charge in [-0.2, -0.15) is 5.26 Å². The van der Waals surface area contributed by atoms with Crippen molar-refractivity contribution in [2.75, 3.05) is 6.54 Å². The van der Waals surface area contributed by atoms with Gasteiger partial charge in [-0.15, -0.1) is 0 Å². The Morgan fingerprint density at radius 1 is 1.37 bits per heavy atom. The number of nitriles is 1. The lowest BCUT2D eigenvalue weighted by molar-refractivity contribution is 0.519. The Morgan fingerprint density at radius 3 is 2.68 bits per heavy atom. The summed E-state index contributed by atoms with van der Waals surface area (Å²) in [5.41, 5.74) is 0.283. The highest BCUT2D eigenvalue weighted by Gasteiger charge is 2.22. The third-order valence-corrected chi connectivity index (χ3v) is 5.29. The number of rotatable bonds is 4. The Labute approximate surface area is 118 Å². The van der Waals surface area contributed by atoms with Gasteiger partial charge >= 0.3 is 0 Å². The standard InChI is InChI=1S/C13H15ClN2O2S/c14-12-6-5-11(8-15)7-13(12)19(17,18)16-9-10-3-1-2-4-10/h5-7,10,16H,1-4,9H2. The van der Waals surface area contributed by atoms with Crippen LogP contribution in [0.5, 0.6) is 0 Å². The van der Waals surface area contributed by atoms with Crippen LogP contribution in [0.15, 0.2) is 23.1 Å². The number of nitrogens with one attached hydrogen (secondary N) is 1. The van der Waals surface area contributed by atoms with E-state index in [1.54, 1.807) is 0 Å². The predicted molar refractivity (Wildman–Crippen MR) is 73.3 cm³/mol. The summed E-state index contributed by atoms with van der Waals surface area (Å²) in [4.78, 5) is -0.0220. The Bertz CT molecular complexity index is 602. The number of hydrogen-bond acceptors (Lipinski definition) is 3. The molecule has 102 valence electrons. The van der Waals surface area contributed by atoms with Crippen LogP contribution in [0.1, 0.15) is 31.2 Å². The molecule has 0 heterocycles. The maximum atomic E-state index is 12.2. The zero-order valence-corrected chi connectivity index (χ0v) is 12.0. The average Bonchev–Trinajstić information content (AvgIpc) is 2.90. The van der Waals surface area contributed by atoms with Crippen molar-refractivity contribution in [3.63, 3.8) is 0 Å². The molecule has 1 fully saturated rings. The quantitative estimate of drug-likeness (QED) is 0.929. The maximum absolute atomic E-state index is 12.2. The van der Waals surface area contributed by atoms with Crippen LogP contribution in [0.25, 0.3) is 0 Å². The van der Waals surface area contributed by atoms with Crippen LogP contribution in [0.2, 0.25) is 5.02 Å². The molecular weight excluding hydrogens is 284 g/mol. The lowest BCUT2D eigenvalue weighted by Crippen LogP contribution is -2.28. The van der Waals surface area contributed by atoms with Crippen LogP contribution < -0.4 is 4.72 Å². The van der Waals surface area contributed by atoms with E-state index in [2.05, 4.69) is 4.72 Å². The highest BCUT2D eigenvalue weighted by molar-refractivity contribution is 7.89. The van der Waals surface area contributed by atoms with Crippen LogP contribution in [0.4, 0.5) is 0 Å². The monoisotopic (exact) mass is 298 g/mol. The first-order valence-electron chi connectivity index (χ1n) is 6.22. The van der Waals surface area contributed by atoms with Crippen LogP contribution in [0.3, 0.4) is 0 Å². The van der Waals surface area contributed by atoms with Gasteiger partial charge in [0.15, 0.2) is 0 Å². The molecule has 1 aromatic rings. The molecule has 0 unspecified atom stereocenters. The molecule has 1 aliphatic rings. The van der Waals surface area contributed by atoms with Crippen molar-refractivity contribution in [2.45, 2.75) is 30.6 Å². The van der Waals surface area contributed by atoms with Gasteiger partial charge in [0.1, 0.15) is 4.90 Å². The molecular formula is C13H15ClN2O2S. The number of nitrogens with zero attached hydrogens (tertiary/aromatic N) is 1. The third-order valence-electron chi connectivity index (χ3n) is 3.39. The smallest absolute Gasteiger partial charge is 0.211 e. The van der Waals surface area contributed by atoms with Gasteiger partial charge in [-0.3, -0.25) is 0 Å². The van der Waals surface area contributed by atoms with Crippen LogP contribution in [0, 0.1) is 17.2 Å². The Balaban J connectivity index is 2.16. The molecule has 0 atom stereocenters.